The van der Waals surface area contributed by atoms with E-state index in [1.807, 2.05) is 0 Å². The van der Waals surface area contributed by atoms with Gasteiger partial charge in [-0.05, 0) is 124 Å². The summed E-state index contributed by atoms with van der Waals surface area (Å²) in [4.78, 5) is 0. The van der Waals surface area contributed by atoms with E-state index in [-0.39, 0.29) is 22.5 Å². The molecule has 0 amide bonds. The van der Waals surface area contributed by atoms with Crippen LogP contribution in [0.1, 0.15) is 120 Å². The fraction of sp³-hybridized carbons (Fsp3) is 1.00. The highest BCUT2D eigenvalue weighted by Crippen LogP contribution is 2.76. The van der Waals surface area contributed by atoms with Gasteiger partial charge in [0.15, 0.2) is 5.79 Å². The van der Waals surface area contributed by atoms with Crippen LogP contribution in [0.3, 0.4) is 0 Å². The summed E-state index contributed by atoms with van der Waals surface area (Å²) in [6.07, 6.45) is 10.7. The molecular weight excluding hydrogens is 424 g/mol. The number of aliphatic hydroxyl groups is 3. The van der Waals surface area contributed by atoms with Crippen molar-refractivity contribution < 1.29 is 20.1 Å². The van der Waals surface area contributed by atoms with Crippen LogP contribution in [0.5, 0.6) is 0 Å². The van der Waals surface area contributed by atoms with Gasteiger partial charge in [-0.25, -0.2) is 0 Å². The zero-order valence-electron chi connectivity index (χ0n) is 23.2. The van der Waals surface area contributed by atoms with Crippen LogP contribution in [0.4, 0.5) is 0 Å². The molecule has 4 heteroatoms. The second kappa shape index (κ2) is 7.23. The Morgan fingerprint density at radius 1 is 0.706 bits per heavy atom. The Hall–Kier alpha value is -0.160. The van der Waals surface area contributed by atoms with E-state index < -0.39 is 11.4 Å². The average Bonchev–Trinajstić information content (AvgIpc) is 3.24. The molecule has 0 radical (unpaired) electrons. The topological polar surface area (TPSA) is 69.9 Å². The highest BCUT2D eigenvalue weighted by molar-refractivity contribution is 5.19. The Morgan fingerprint density at radius 2 is 1.35 bits per heavy atom. The average molecular weight is 477 g/mol. The summed E-state index contributed by atoms with van der Waals surface area (Å²) >= 11 is 0. The third-order valence-corrected chi connectivity index (χ3v) is 13.5. The normalized spacial score (nSPS) is 57.1. The smallest absolute Gasteiger partial charge is 0.194 e. The van der Waals surface area contributed by atoms with Crippen molar-refractivity contribution in [2.24, 2.45) is 45.3 Å². The summed E-state index contributed by atoms with van der Waals surface area (Å²) < 4.78 is 6.47. The summed E-state index contributed by atoms with van der Waals surface area (Å²) in [6.45, 7) is 18.0. The maximum Gasteiger partial charge on any atom is 0.194 e. The first kappa shape index (κ1) is 25.5. The van der Waals surface area contributed by atoms with Gasteiger partial charge in [0.2, 0.25) is 0 Å². The molecule has 34 heavy (non-hydrogen) atoms. The SMILES string of the molecule is CC1(C)[C@H](O)CC[C@@]2(C)[C@@H]1CC[C@]1(C)[C@H]2CC[C@@H]2[C@@H]([C@]3(C)CC[C@](O)(C(C)(C)O)O3)CC[C@]21C. The minimum Gasteiger partial charge on any atom is -0.393 e. The second-order valence-corrected chi connectivity index (χ2v) is 15.4. The fourth-order valence-corrected chi connectivity index (χ4v) is 11.1. The molecule has 5 rings (SSSR count). The third-order valence-electron chi connectivity index (χ3n) is 13.5. The van der Waals surface area contributed by atoms with Gasteiger partial charge >= 0.3 is 0 Å². The molecule has 10 atom stereocenters. The monoisotopic (exact) mass is 476 g/mol. The molecule has 0 bridgehead atoms. The van der Waals surface area contributed by atoms with Gasteiger partial charge in [-0.1, -0.05) is 34.6 Å². The number of hydrogen-bond donors (Lipinski definition) is 3. The fourth-order valence-electron chi connectivity index (χ4n) is 11.1. The van der Waals surface area contributed by atoms with E-state index in [0.29, 0.717) is 40.9 Å². The van der Waals surface area contributed by atoms with Crippen molar-refractivity contribution in [3.63, 3.8) is 0 Å². The molecule has 0 aromatic rings. The Kier molecular flexibility index (Phi) is 5.42. The highest BCUT2D eigenvalue weighted by Gasteiger charge is 2.70. The molecule has 196 valence electrons. The van der Waals surface area contributed by atoms with E-state index in [1.54, 1.807) is 13.8 Å². The predicted molar refractivity (Wildman–Crippen MR) is 135 cm³/mol. The van der Waals surface area contributed by atoms with E-state index in [2.05, 4.69) is 41.5 Å². The zero-order chi connectivity index (χ0) is 25.2. The van der Waals surface area contributed by atoms with Crippen LogP contribution < -0.4 is 0 Å². The lowest BCUT2D eigenvalue weighted by atomic mass is 9.35. The zero-order valence-corrected chi connectivity index (χ0v) is 23.2. The standard InChI is InChI=1S/C30H52O4/c1-24(2)21-12-16-28(7)22(26(21,5)14-13-23(24)31)10-9-19-20(11-15-27(19,28)6)29(8)17-18-30(33,34-29)25(3,4)32/h19-23,31-33H,9-18H2,1-8H3/t19-,20+,21-,22+,23-,26+,27-,28-,29+,30-/m1/s1. The van der Waals surface area contributed by atoms with Crippen molar-refractivity contribution in [3.8, 4) is 0 Å². The highest BCUT2D eigenvalue weighted by atomic mass is 16.7. The summed E-state index contributed by atoms with van der Waals surface area (Å²) in [6, 6.07) is 0. The van der Waals surface area contributed by atoms with Gasteiger partial charge in [-0.15, -0.1) is 0 Å². The molecule has 5 fully saturated rings. The van der Waals surface area contributed by atoms with Crippen LogP contribution in [0.15, 0.2) is 0 Å². The van der Waals surface area contributed by atoms with Crippen LogP contribution in [0, 0.1) is 45.3 Å². The van der Waals surface area contributed by atoms with Gasteiger partial charge in [-0.2, -0.15) is 0 Å². The quantitative estimate of drug-likeness (QED) is 0.453. The van der Waals surface area contributed by atoms with Gasteiger partial charge < -0.3 is 20.1 Å². The molecular formula is C30H52O4. The van der Waals surface area contributed by atoms with Crippen molar-refractivity contribution in [1.82, 2.24) is 0 Å². The minimum atomic E-state index is -1.46. The first-order chi connectivity index (χ1) is 15.4. The van der Waals surface area contributed by atoms with E-state index in [4.69, 9.17) is 4.74 Å². The molecule has 1 saturated heterocycles. The first-order valence-corrected chi connectivity index (χ1v) is 14.3. The van der Waals surface area contributed by atoms with Crippen molar-refractivity contribution in [3.05, 3.63) is 0 Å². The summed E-state index contributed by atoms with van der Waals surface area (Å²) in [5.74, 6) is 0.877. The second-order valence-electron chi connectivity index (χ2n) is 15.4. The van der Waals surface area contributed by atoms with Gasteiger partial charge in [-0.3, -0.25) is 0 Å². The van der Waals surface area contributed by atoms with Crippen molar-refractivity contribution in [1.29, 1.82) is 0 Å². The molecule has 3 N–H and O–H groups in total. The Balaban J connectivity index is 1.45. The van der Waals surface area contributed by atoms with Gasteiger partial charge in [0.25, 0.3) is 0 Å². The minimum absolute atomic E-state index is 0.00296. The molecule has 0 aromatic heterocycles. The van der Waals surface area contributed by atoms with Crippen LogP contribution >= 0.6 is 0 Å². The molecule has 1 aliphatic heterocycles. The summed E-state index contributed by atoms with van der Waals surface area (Å²) in [5, 5.41) is 32.7. The number of rotatable bonds is 2. The van der Waals surface area contributed by atoms with Crippen LogP contribution in [-0.4, -0.2) is 38.4 Å². The lowest BCUT2D eigenvalue weighted by Crippen LogP contribution is -2.64. The molecule has 1 heterocycles. The number of hydrogen-bond acceptors (Lipinski definition) is 4. The van der Waals surface area contributed by atoms with E-state index in [9.17, 15) is 15.3 Å². The van der Waals surface area contributed by atoms with Crippen molar-refractivity contribution in [2.75, 3.05) is 0 Å². The molecule has 4 aliphatic carbocycles. The first-order valence-electron chi connectivity index (χ1n) is 14.3. The number of ether oxygens (including phenoxy) is 1. The summed E-state index contributed by atoms with van der Waals surface area (Å²) in [7, 11) is 0. The van der Waals surface area contributed by atoms with Gasteiger partial charge in [0.05, 0.1) is 11.7 Å². The van der Waals surface area contributed by atoms with Crippen molar-refractivity contribution >= 4 is 0 Å². The van der Waals surface area contributed by atoms with Crippen LogP contribution in [-0.2, 0) is 4.74 Å². The summed E-state index contributed by atoms with van der Waals surface area (Å²) in [5.41, 5.74) is -0.764. The predicted octanol–water partition coefficient (Wildman–Crippen LogP) is 6.06. The molecule has 0 unspecified atom stereocenters. The van der Waals surface area contributed by atoms with Crippen LogP contribution in [0.2, 0.25) is 0 Å². The Bertz CT molecular complexity index is 832. The molecule has 4 nitrogen and oxygen atoms in total. The lowest BCUT2D eigenvalue weighted by molar-refractivity contribution is -0.306. The number of fused-ring (bicyclic) bond motifs is 5. The molecule has 0 aromatic carbocycles. The third kappa shape index (κ3) is 3.04. The van der Waals surface area contributed by atoms with Crippen molar-refractivity contribution in [2.45, 2.75) is 143 Å². The maximum absolute atomic E-state index is 11.2. The van der Waals surface area contributed by atoms with E-state index in [1.165, 1.54) is 32.1 Å². The molecule has 5 aliphatic rings. The van der Waals surface area contributed by atoms with Crippen LogP contribution in [0.25, 0.3) is 0 Å². The number of aliphatic hydroxyl groups excluding tert-OH is 1. The van der Waals surface area contributed by atoms with Gasteiger partial charge in [0.1, 0.15) is 5.60 Å². The maximum atomic E-state index is 11.2. The Morgan fingerprint density at radius 3 is 1.97 bits per heavy atom. The lowest BCUT2D eigenvalue weighted by Gasteiger charge is -2.70. The largest absolute Gasteiger partial charge is 0.393 e. The molecule has 0 spiro atoms. The van der Waals surface area contributed by atoms with Gasteiger partial charge in [0, 0.05) is 6.42 Å². The van der Waals surface area contributed by atoms with E-state index >= 15 is 0 Å². The Labute approximate surface area is 208 Å². The molecule has 4 saturated carbocycles. The van der Waals surface area contributed by atoms with E-state index in [0.717, 1.165) is 25.7 Å².